The third-order valence-electron chi connectivity index (χ3n) is 5.58. The molecule has 152 valence electrons. The van der Waals surface area contributed by atoms with Gasteiger partial charge in [-0.25, -0.2) is 9.97 Å². The SMILES string of the molecule is Cn1ccc2c(Cc3ccnc(F)c3)cc(CC(=O)N[C@H]3CCCC[C@@H]3O)nc21. The van der Waals surface area contributed by atoms with Crippen LogP contribution in [-0.2, 0) is 24.7 Å². The van der Waals surface area contributed by atoms with Crippen LogP contribution in [0.4, 0.5) is 4.39 Å². The molecule has 3 heterocycles. The van der Waals surface area contributed by atoms with Crippen molar-refractivity contribution in [2.75, 3.05) is 0 Å². The van der Waals surface area contributed by atoms with Crippen molar-refractivity contribution < 1.29 is 14.3 Å². The molecular weight excluding hydrogens is 371 g/mol. The van der Waals surface area contributed by atoms with Crippen LogP contribution in [-0.4, -0.2) is 37.7 Å². The van der Waals surface area contributed by atoms with Crippen LogP contribution < -0.4 is 5.32 Å². The van der Waals surface area contributed by atoms with Gasteiger partial charge < -0.3 is 15.0 Å². The molecule has 0 bridgehead atoms. The van der Waals surface area contributed by atoms with E-state index in [-0.39, 0.29) is 18.4 Å². The zero-order chi connectivity index (χ0) is 20.4. The number of amides is 1. The molecular formula is C22H25FN4O2. The van der Waals surface area contributed by atoms with Gasteiger partial charge in [0.15, 0.2) is 0 Å². The van der Waals surface area contributed by atoms with Crippen molar-refractivity contribution in [1.82, 2.24) is 19.9 Å². The fraction of sp³-hybridized carbons (Fsp3) is 0.409. The third kappa shape index (κ3) is 4.45. The minimum Gasteiger partial charge on any atom is -0.391 e. The molecule has 29 heavy (non-hydrogen) atoms. The summed E-state index contributed by atoms with van der Waals surface area (Å²) in [7, 11) is 1.91. The van der Waals surface area contributed by atoms with Crippen LogP contribution in [0.1, 0.15) is 42.5 Å². The third-order valence-corrected chi connectivity index (χ3v) is 5.58. The Morgan fingerprint density at radius 2 is 2.14 bits per heavy atom. The molecule has 0 aromatic carbocycles. The lowest BCUT2D eigenvalue weighted by Crippen LogP contribution is -2.45. The fourth-order valence-electron chi connectivity index (χ4n) is 4.07. The highest BCUT2D eigenvalue weighted by Crippen LogP contribution is 2.23. The summed E-state index contributed by atoms with van der Waals surface area (Å²) < 4.78 is 15.4. The maximum atomic E-state index is 13.5. The van der Waals surface area contributed by atoms with Gasteiger partial charge in [0.1, 0.15) is 5.65 Å². The van der Waals surface area contributed by atoms with E-state index < -0.39 is 12.1 Å². The highest BCUT2D eigenvalue weighted by Gasteiger charge is 2.24. The van der Waals surface area contributed by atoms with Crippen molar-refractivity contribution in [3.63, 3.8) is 0 Å². The Morgan fingerprint density at radius 3 is 2.93 bits per heavy atom. The van der Waals surface area contributed by atoms with Crippen LogP contribution in [0.25, 0.3) is 11.0 Å². The highest BCUT2D eigenvalue weighted by atomic mass is 19.1. The molecule has 3 aromatic heterocycles. The number of hydrogen-bond acceptors (Lipinski definition) is 4. The van der Waals surface area contributed by atoms with E-state index in [2.05, 4.69) is 15.3 Å². The first kappa shape index (κ1) is 19.5. The second kappa shape index (κ2) is 8.29. The van der Waals surface area contributed by atoms with Crippen LogP contribution in [0, 0.1) is 5.95 Å². The van der Waals surface area contributed by atoms with Crippen LogP contribution in [0.15, 0.2) is 36.7 Å². The Balaban J connectivity index is 1.57. The standard InChI is InChI=1S/C22H25FN4O2/c1-27-9-7-17-15(10-14-6-8-24-20(23)11-14)12-16(25-22(17)27)13-21(29)26-18-4-2-3-5-19(18)28/h6-9,11-12,18-19,28H,2-5,10,13H2,1H3,(H,26,29)/t18-,19-/m0/s1. The monoisotopic (exact) mass is 396 g/mol. The summed E-state index contributed by atoms with van der Waals surface area (Å²) >= 11 is 0. The Morgan fingerprint density at radius 1 is 1.31 bits per heavy atom. The van der Waals surface area contributed by atoms with Gasteiger partial charge in [0.2, 0.25) is 11.9 Å². The van der Waals surface area contributed by atoms with Gasteiger partial charge in [0, 0.05) is 24.8 Å². The lowest BCUT2D eigenvalue weighted by Gasteiger charge is -2.28. The summed E-state index contributed by atoms with van der Waals surface area (Å²) in [6.45, 7) is 0. The number of halogens is 1. The number of aromatic nitrogens is 3. The molecule has 0 saturated heterocycles. The molecule has 0 spiro atoms. The van der Waals surface area contributed by atoms with Gasteiger partial charge in [0.25, 0.3) is 0 Å². The van der Waals surface area contributed by atoms with Crippen LogP contribution in [0.5, 0.6) is 0 Å². The number of pyridine rings is 2. The molecule has 1 fully saturated rings. The zero-order valence-corrected chi connectivity index (χ0v) is 16.4. The molecule has 2 atom stereocenters. The Bertz CT molecular complexity index is 1030. The minimum absolute atomic E-state index is 0.141. The Labute approximate surface area is 168 Å². The van der Waals surface area contributed by atoms with Gasteiger partial charge >= 0.3 is 0 Å². The highest BCUT2D eigenvalue weighted by molar-refractivity contribution is 5.83. The molecule has 1 aliphatic carbocycles. The number of aliphatic hydroxyl groups excluding tert-OH is 1. The van der Waals surface area contributed by atoms with E-state index in [1.54, 1.807) is 6.07 Å². The quantitative estimate of drug-likeness (QED) is 0.650. The second-order valence-electron chi connectivity index (χ2n) is 7.80. The van der Waals surface area contributed by atoms with Gasteiger partial charge in [-0.15, -0.1) is 0 Å². The molecule has 7 heteroatoms. The predicted molar refractivity (Wildman–Crippen MR) is 108 cm³/mol. The molecule has 0 unspecified atom stereocenters. The molecule has 1 aliphatic rings. The van der Waals surface area contributed by atoms with E-state index >= 15 is 0 Å². The van der Waals surface area contributed by atoms with Gasteiger partial charge in [-0.05, 0) is 54.7 Å². The van der Waals surface area contributed by atoms with E-state index in [1.165, 1.54) is 12.3 Å². The fourth-order valence-corrected chi connectivity index (χ4v) is 4.07. The first-order valence-electron chi connectivity index (χ1n) is 10.0. The van der Waals surface area contributed by atoms with E-state index in [9.17, 15) is 14.3 Å². The van der Waals surface area contributed by atoms with E-state index in [0.29, 0.717) is 12.1 Å². The summed E-state index contributed by atoms with van der Waals surface area (Å²) in [5, 5.41) is 14.0. The predicted octanol–water partition coefficient (Wildman–Crippen LogP) is 2.66. The minimum atomic E-state index is -0.508. The summed E-state index contributed by atoms with van der Waals surface area (Å²) in [5.41, 5.74) is 3.25. The molecule has 0 aliphatic heterocycles. The maximum absolute atomic E-state index is 13.5. The number of aryl methyl sites for hydroxylation is 1. The summed E-state index contributed by atoms with van der Waals surface area (Å²) in [4.78, 5) is 20.8. The number of nitrogens with one attached hydrogen (secondary N) is 1. The number of carbonyl (C=O) groups excluding carboxylic acids is 1. The molecule has 4 rings (SSSR count). The smallest absolute Gasteiger partial charge is 0.226 e. The van der Waals surface area contributed by atoms with Gasteiger partial charge in [-0.2, -0.15) is 4.39 Å². The zero-order valence-electron chi connectivity index (χ0n) is 16.4. The number of nitrogens with zero attached hydrogens (tertiary/aromatic N) is 3. The first-order valence-corrected chi connectivity index (χ1v) is 10.0. The van der Waals surface area contributed by atoms with E-state index in [0.717, 1.165) is 47.8 Å². The van der Waals surface area contributed by atoms with Crippen LogP contribution in [0.3, 0.4) is 0 Å². The van der Waals surface area contributed by atoms with Crippen LogP contribution >= 0.6 is 0 Å². The molecule has 1 saturated carbocycles. The first-order chi connectivity index (χ1) is 14.0. The second-order valence-corrected chi connectivity index (χ2v) is 7.80. The van der Waals surface area contributed by atoms with Crippen molar-refractivity contribution in [2.24, 2.45) is 7.05 Å². The van der Waals surface area contributed by atoms with Crippen molar-refractivity contribution in [2.45, 2.75) is 50.7 Å². The normalized spacial score (nSPS) is 19.4. The van der Waals surface area contributed by atoms with Gasteiger partial charge in [0.05, 0.1) is 24.3 Å². The van der Waals surface area contributed by atoms with Gasteiger partial charge in [-0.1, -0.05) is 12.8 Å². The topological polar surface area (TPSA) is 80.0 Å². The summed E-state index contributed by atoms with van der Waals surface area (Å²) in [6.07, 6.45) is 7.12. The maximum Gasteiger partial charge on any atom is 0.226 e. The number of fused-ring (bicyclic) bond motifs is 1. The number of rotatable bonds is 5. The van der Waals surface area contributed by atoms with Gasteiger partial charge in [-0.3, -0.25) is 4.79 Å². The van der Waals surface area contributed by atoms with E-state index in [1.807, 2.05) is 29.9 Å². The molecule has 0 radical (unpaired) electrons. The summed E-state index contributed by atoms with van der Waals surface area (Å²) in [6, 6.07) is 6.92. The van der Waals surface area contributed by atoms with Crippen molar-refractivity contribution in [3.05, 3.63) is 59.4 Å². The van der Waals surface area contributed by atoms with Crippen molar-refractivity contribution >= 4 is 16.9 Å². The lowest BCUT2D eigenvalue weighted by atomic mass is 9.92. The number of carbonyl (C=O) groups is 1. The Kier molecular flexibility index (Phi) is 5.58. The number of hydrogen-bond donors (Lipinski definition) is 2. The van der Waals surface area contributed by atoms with Crippen molar-refractivity contribution in [1.29, 1.82) is 0 Å². The average Bonchev–Trinajstić information content (AvgIpc) is 3.05. The number of aliphatic hydroxyl groups is 1. The largest absolute Gasteiger partial charge is 0.391 e. The molecule has 1 amide bonds. The summed E-state index contributed by atoms with van der Waals surface area (Å²) in [5.74, 6) is -0.649. The molecule has 2 N–H and O–H groups in total. The average molecular weight is 396 g/mol. The lowest BCUT2D eigenvalue weighted by molar-refractivity contribution is -0.122. The van der Waals surface area contributed by atoms with Crippen LogP contribution in [0.2, 0.25) is 0 Å². The molecule has 3 aromatic rings. The Hall–Kier alpha value is -2.80. The van der Waals surface area contributed by atoms with Crippen molar-refractivity contribution in [3.8, 4) is 0 Å². The molecule has 6 nitrogen and oxygen atoms in total. The van der Waals surface area contributed by atoms with E-state index in [4.69, 9.17) is 0 Å².